The minimum Gasteiger partial charge on any atom is -0.351 e. The van der Waals surface area contributed by atoms with Crippen LogP contribution in [-0.4, -0.2) is 51.9 Å². The standard InChI is InChI=1S/C17H22N4O3S2/c1-12(16(22)18-14-8-9-26(23,24)11-14)25-17-20-19-15(21(17)2)10-13-6-4-3-5-7-13/h3-7,12,14H,8-11H2,1-2H3,(H,18,22)/t12-,14-/m0/s1. The molecule has 1 fully saturated rings. The molecule has 1 aliphatic heterocycles. The van der Waals surface area contributed by atoms with Crippen molar-refractivity contribution in [2.45, 2.75) is 36.2 Å². The third-order valence-electron chi connectivity index (χ3n) is 4.36. The maximum atomic E-state index is 12.3. The van der Waals surface area contributed by atoms with Crippen LogP contribution in [-0.2, 0) is 28.1 Å². The van der Waals surface area contributed by atoms with Gasteiger partial charge in [0.1, 0.15) is 5.82 Å². The van der Waals surface area contributed by atoms with Gasteiger partial charge in [-0.1, -0.05) is 42.1 Å². The lowest BCUT2D eigenvalue weighted by atomic mass is 10.1. The van der Waals surface area contributed by atoms with E-state index in [0.29, 0.717) is 18.0 Å². The van der Waals surface area contributed by atoms with Crippen LogP contribution in [0.15, 0.2) is 35.5 Å². The van der Waals surface area contributed by atoms with Crippen molar-refractivity contribution in [1.82, 2.24) is 20.1 Å². The summed E-state index contributed by atoms with van der Waals surface area (Å²) in [4.78, 5) is 12.3. The van der Waals surface area contributed by atoms with Gasteiger partial charge < -0.3 is 9.88 Å². The van der Waals surface area contributed by atoms with E-state index in [4.69, 9.17) is 0 Å². The average molecular weight is 395 g/mol. The van der Waals surface area contributed by atoms with Crippen LogP contribution < -0.4 is 5.32 Å². The second-order valence-electron chi connectivity index (χ2n) is 6.49. The predicted molar refractivity (Wildman–Crippen MR) is 101 cm³/mol. The highest BCUT2D eigenvalue weighted by Crippen LogP contribution is 2.23. The number of carbonyl (C=O) groups excluding carboxylic acids is 1. The van der Waals surface area contributed by atoms with Crippen LogP contribution in [0.25, 0.3) is 0 Å². The molecule has 0 radical (unpaired) electrons. The van der Waals surface area contributed by atoms with Crippen molar-refractivity contribution in [2.75, 3.05) is 11.5 Å². The summed E-state index contributed by atoms with van der Waals surface area (Å²) < 4.78 is 24.9. The van der Waals surface area contributed by atoms with Crippen LogP contribution in [0.4, 0.5) is 0 Å². The van der Waals surface area contributed by atoms with Crippen molar-refractivity contribution in [1.29, 1.82) is 0 Å². The monoisotopic (exact) mass is 394 g/mol. The molecule has 7 nitrogen and oxygen atoms in total. The molecular weight excluding hydrogens is 372 g/mol. The zero-order valence-corrected chi connectivity index (χ0v) is 16.4. The molecule has 26 heavy (non-hydrogen) atoms. The van der Waals surface area contributed by atoms with Gasteiger partial charge in [0.2, 0.25) is 5.91 Å². The predicted octanol–water partition coefficient (Wildman–Crippen LogP) is 1.19. The average Bonchev–Trinajstić information content (AvgIpc) is 3.11. The molecule has 0 unspecified atom stereocenters. The summed E-state index contributed by atoms with van der Waals surface area (Å²) in [7, 11) is -1.12. The summed E-state index contributed by atoms with van der Waals surface area (Å²) in [5.74, 6) is 0.824. The number of rotatable bonds is 6. The summed E-state index contributed by atoms with van der Waals surface area (Å²) in [5, 5.41) is 11.5. The molecule has 1 amide bonds. The zero-order valence-electron chi connectivity index (χ0n) is 14.8. The number of nitrogens with zero attached hydrogens (tertiary/aromatic N) is 3. The first-order chi connectivity index (χ1) is 12.3. The Bertz CT molecular complexity index is 881. The smallest absolute Gasteiger partial charge is 0.233 e. The Kier molecular flexibility index (Phi) is 5.67. The molecule has 2 heterocycles. The van der Waals surface area contributed by atoms with Crippen molar-refractivity contribution in [2.24, 2.45) is 7.05 Å². The van der Waals surface area contributed by atoms with E-state index in [1.54, 1.807) is 6.92 Å². The normalized spacial score (nSPS) is 20.0. The van der Waals surface area contributed by atoms with E-state index < -0.39 is 9.84 Å². The molecule has 0 spiro atoms. The molecule has 1 saturated heterocycles. The number of aromatic nitrogens is 3. The van der Waals surface area contributed by atoms with Gasteiger partial charge in [0, 0.05) is 19.5 Å². The van der Waals surface area contributed by atoms with Gasteiger partial charge in [-0.15, -0.1) is 10.2 Å². The third-order valence-corrected chi connectivity index (χ3v) is 7.26. The highest BCUT2D eigenvalue weighted by Gasteiger charge is 2.30. The Morgan fingerprint density at radius 1 is 1.35 bits per heavy atom. The van der Waals surface area contributed by atoms with Crippen LogP contribution in [0.3, 0.4) is 0 Å². The van der Waals surface area contributed by atoms with Crippen LogP contribution in [0.1, 0.15) is 24.7 Å². The van der Waals surface area contributed by atoms with E-state index >= 15 is 0 Å². The number of thioether (sulfide) groups is 1. The summed E-state index contributed by atoms with van der Waals surface area (Å²) in [5.41, 5.74) is 1.15. The zero-order chi connectivity index (χ0) is 18.7. The summed E-state index contributed by atoms with van der Waals surface area (Å²) in [6.07, 6.45) is 1.15. The molecule has 3 rings (SSSR count). The maximum absolute atomic E-state index is 12.3. The number of benzene rings is 1. The first-order valence-electron chi connectivity index (χ1n) is 8.44. The van der Waals surface area contributed by atoms with Gasteiger partial charge in [-0.3, -0.25) is 4.79 Å². The van der Waals surface area contributed by atoms with Crippen LogP contribution in [0.2, 0.25) is 0 Å². The van der Waals surface area contributed by atoms with E-state index in [-0.39, 0.29) is 28.7 Å². The molecule has 1 N–H and O–H groups in total. The van der Waals surface area contributed by atoms with Gasteiger partial charge in [0.05, 0.1) is 16.8 Å². The van der Waals surface area contributed by atoms with E-state index in [0.717, 1.165) is 11.4 Å². The molecule has 1 aromatic heterocycles. The molecule has 0 aliphatic carbocycles. The molecule has 0 saturated carbocycles. The molecule has 140 valence electrons. The highest BCUT2D eigenvalue weighted by molar-refractivity contribution is 8.00. The Hall–Kier alpha value is -1.87. The van der Waals surface area contributed by atoms with Gasteiger partial charge in [0.25, 0.3) is 0 Å². The van der Waals surface area contributed by atoms with Crippen molar-refractivity contribution >= 4 is 27.5 Å². The number of hydrogen-bond acceptors (Lipinski definition) is 6. The van der Waals surface area contributed by atoms with Gasteiger partial charge in [-0.05, 0) is 18.9 Å². The lowest BCUT2D eigenvalue weighted by molar-refractivity contribution is -0.120. The number of sulfone groups is 1. The van der Waals surface area contributed by atoms with E-state index in [1.807, 2.05) is 41.9 Å². The molecule has 0 bridgehead atoms. The maximum Gasteiger partial charge on any atom is 0.233 e. The second kappa shape index (κ2) is 7.79. The molecule has 1 aromatic carbocycles. The lowest BCUT2D eigenvalue weighted by Gasteiger charge is -2.15. The topological polar surface area (TPSA) is 93.9 Å². The fraction of sp³-hybridized carbons (Fsp3) is 0.471. The molecule has 2 aromatic rings. The number of nitrogens with one attached hydrogen (secondary N) is 1. The SMILES string of the molecule is C[C@H](Sc1nnc(Cc2ccccc2)n1C)C(=O)N[C@H]1CCS(=O)(=O)C1. The number of amides is 1. The Morgan fingerprint density at radius 2 is 2.08 bits per heavy atom. The van der Waals surface area contributed by atoms with Crippen molar-refractivity contribution in [3.63, 3.8) is 0 Å². The van der Waals surface area contributed by atoms with Gasteiger partial charge in [0.15, 0.2) is 15.0 Å². The van der Waals surface area contributed by atoms with Gasteiger partial charge in [-0.2, -0.15) is 0 Å². The van der Waals surface area contributed by atoms with Crippen LogP contribution in [0, 0.1) is 0 Å². The largest absolute Gasteiger partial charge is 0.351 e. The summed E-state index contributed by atoms with van der Waals surface area (Å²) in [6, 6.07) is 9.72. The molecule has 1 aliphatic rings. The first kappa shape index (κ1) is 18.9. The minimum absolute atomic E-state index is 0.0291. The fourth-order valence-corrected chi connectivity index (χ4v) is 5.34. The summed E-state index contributed by atoms with van der Waals surface area (Å²) >= 11 is 1.32. The van der Waals surface area contributed by atoms with Crippen molar-refractivity contribution < 1.29 is 13.2 Å². The van der Waals surface area contributed by atoms with Crippen LogP contribution in [0.5, 0.6) is 0 Å². The fourth-order valence-electron chi connectivity index (χ4n) is 2.82. The molecule has 2 atom stereocenters. The molecular formula is C17H22N4O3S2. The van der Waals surface area contributed by atoms with E-state index in [1.165, 1.54) is 11.8 Å². The van der Waals surface area contributed by atoms with Crippen molar-refractivity contribution in [3.05, 3.63) is 41.7 Å². The van der Waals surface area contributed by atoms with Crippen LogP contribution >= 0.6 is 11.8 Å². The second-order valence-corrected chi connectivity index (χ2v) is 10.0. The Labute approximate surface area is 157 Å². The number of carbonyl (C=O) groups is 1. The Morgan fingerprint density at radius 3 is 2.73 bits per heavy atom. The molecule has 9 heteroatoms. The first-order valence-corrected chi connectivity index (χ1v) is 11.1. The summed E-state index contributed by atoms with van der Waals surface area (Å²) in [6.45, 7) is 1.79. The highest BCUT2D eigenvalue weighted by atomic mass is 32.2. The third kappa shape index (κ3) is 4.64. The lowest BCUT2D eigenvalue weighted by Crippen LogP contribution is -2.40. The Balaban J connectivity index is 1.59. The van der Waals surface area contributed by atoms with E-state index in [2.05, 4.69) is 15.5 Å². The number of hydrogen-bond donors (Lipinski definition) is 1. The van der Waals surface area contributed by atoms with Crippen molar-refractivity contribution in [3.8, 4) is 0 Å². The quantitative estimate of drug-likeness (QED) is 0.740. The van der Waals surface area contributed by atoms with Gasteiger partial charge >= 0.3 is 0 Å². The van der Waals surface area contributed by atoms with E-state index in [9.17, 15) is 13.2 Å². The van der Waals surface area contributed by atoms with Gasteiger partial charge in [-0.25, -0.2) is 8.42 Å². The minimum atomic E-state index is -3.01.